The van der Waals surface area contributed by atoms with Crippen LogP contribution in [0.4, 0.5) is 5.69 Å². The van der Waals surface area contributed by atoms with Crippen molar-refractivity contribution in [3.63, 3.8) is 0 Å². The Bertz CT molecular complexity index is 898. The molecule has 9 heteroatoms. The van der Waals surface area contributed by atoms with Crippen molar-refractivity contribution in [3.8, 4) is 23.0 Å². The summed E-state index contributed by atoms with van der Waals surface area (Å²) in [5, 5.41) is 14.1. The number of fused-ring (bicyclic) bond motifs is 1. The molecule has 0 atom stereocenters. The van der Waals surface area contributed by atoms with Crippen LogP contribution in [0.5, 0.6) is 23.0 Å². The van der Waals surface area contributed by atoms with Crippen LogP contribution in [-0.4, -0.2) is 37.9 Å². The Morgan fingerprint density at radius 3 is 2.71 bits per heavy atom. The summed E-state index contributed by atoms with van der Waals surface area (Å²) in [5.41, 5.74) is 0.518. The minimum Gasteiger partial charge on any atom is -0.493 e. The topological polar surface area (TPSA) is 109 Å². The first-order valence-electron chi connectivity index (χ1n) is 8.69. The number of ether oxygens (including phenoxy) is 4. The molecule has 0 aliphatic carbocycles. The third-order valence-electron chi connectivity index (χ3n) is 4.16. The van der Waals surface area contributed by atoms with E-state index in [9.17, 15) is 14.9 Å². The normalized spacial score (nSPS) is 11.8. The summed E-state index contributed by atoms with van der Waals surface area (Å²) in [4.78, 5) is 23.3. The van der Waals surface area contributed by atoms with Gasteiger partial charge in [0, 0.05) is 12.6 Å². The number of nitrogens with one attached hydrogen (secondary N) is 1. The lowest BCUT2D eigenvalue weighted by molar-refractivity contribution is -0.385. The van der Waals surface area contributed by atoms with Gasteiger partial charge in [0.25, 0.3) is 11.6 Å². The van der Waals surface area contributed by atoms with Gasteiger partial charge in [0.2, 0.25) is 6.79 Å². The second kappa shape index (κ2) is 8.47. The van der Waals surface area contributed by atoms with Gasteiger partial charge in [-0.3, -0.25) is 14.9 Å². The Morgan fingerprint density at radius 2 is 2.00 bits per heavy atom. The summed E-state index contributed by atoms with van der Waals surface area (Å²) < 4.78 is 21.1. The van der Waals surface area contributed by atoms with Crippen LogP contribution in [0.1, 0.15) is 22.8 Å². The van der Waals surface area contributed by atoms with Gasteiger partial charge in [0.05, 0.1) is 24.7 Å². The molecule has 3 rings (SSSR count). The molecule has 2 aromatic carbocycles. The molecule has 2 aromatic rings. The maximum atomic E-state index is 12.5. The van der Waals surface area contributed by atoms with E-state index in [2.05, 4.69) is 5.32 Å². The molecule has 0 unspecified atom stereocenters. The fourth-order valence-electron chi connectivity index (χ4n) is 2.82. The fourth-order valence-corrected chi connectivity index (χ4v) is 2.82. The van der Waals surface area contributed by atoms with Crippen molar-refractivity contribution in [3.05, 3.63) is 51.6 Å². The molecular weight excluding hydrogens is 368 g/mol. The van der Waals surface area contributed by atoms with Crippen LogP contribution in [0.15, 0.2) is 30.3 Å². The zero-order valence-corrected chi connectivity index (χ0v) is 15.5. The van der Waals surface area contributed by atoms with Gasteiger partial charge < -0.3 is 24.3 Å². The molecule has 1 N–H and O–H groups in total. The van der Waals surface area contributed by atoms with Crippen molar-refractivity contribution in [1.82, 2.24) is 5.32 Å². The third-order valence-corrected chi connectivity index (χ3v) is 4.16. The van der Waals surface area contributed by atoms with Crippen LogP contribution in [0, 0.1) is 10.1 Å². The number of hydrogen-bond donors (Lipinski definition) is 1. The predicted octanol–water partition coefficient (Wildman–Crippen LogP) is 2.70. The average molecular weight is 388 g/mol. The van der Waals surface area contributed by atoms with Crippen molar-refractivity contribution < 1.29 is 28.7 Å². The summed E-state index contributed by atoms with van der Waals surface area (Å²) in [6.07, 6.45) is 0.532. The molecule has 0 fully saturated rings. The molecule has 0 saturated carbocycles. The highest BCUT2D eigenvalue weighted by atomic mass is 16.7. The highest BCUT2D eigenvalue weighted by Crippen LogP contribution is 2.35. The zero-order chi connectivity index (χ0) is 20.1. The Balaban J connectivity index is 1.72. The lowest BCUT2D eigenvalue weighted by atomic mass is 10.1. The van der Waals surface area contributed by atoms with Crippen molar-refractivity contribution in [2.75, 3.05) is 27.1 Å². The molecule has 1 heterocycles. The van der Waals surface area contributed by atoms with Crippen LogP contribution in [-0.2, 0) is 6.42 Å². The molecule has 1 aliphatic rings. The molecule has 0 aromatic heterocycles. The highest BCUT2D eigenvalue weighted by molar-refractivity contribution is 5.99. The average Bonchev–Trinajstić information content (AvgIpc) is 3.15. The van der Waals surface area contributed by atoms with Crippen molar-refractivity contribution in [2.24, 2.45) is 0 Å². The maximum Gasteiger partial charge on any atom is 0.286 e. The fraction of sp³-hybridized carbons (Fsp3) is 0.316. The summed E-state index contributed by atoms with van der Waals surface area (Å²) in [5.74, 6) is 1.26. The van der Waals surface area contributed by atoms with Gasteiger partial charge in [0.15, 0.2) is 23.0 Å². The van der Waals surface area contributed by atoms with E-state index in [1.165, 1.54) is 19.2 Å². The molecule has 1 amide bonds. The van der Waals surface area contributed by atoms with E-state index in [1.54, 1.807) is 6.92 Å². The number of nitro benzene ring substituents is 1. The van der Waals surface area contributed by atoms with Crippen molar-refractivity contribution >= 4 is 11.6 Å². The summed E-state index contributed by atoms with van der Waals surface area (Å²) in [6.45, 7) is 2.59. The van der Waals surface area contributed by atoms with E-state index in [0.717, 1.165) is 5.56 Å². The molecule has 0 saturated heterocycles. The number of hydrogen-bond acceptors (Lipinski definition) is 7. The molecule has 1 aliphatic heterocycles. The number of amides is 1. The van der Waals surface area contributed by atoms with E-state index in [4.69, 9.17) is 18.9 Å². The minimum absolute atomic E-state index is 0.0834. The number of carbonyl (C=O) groups is 1. The van der Waals surface area contributed by atoms with Crippen LogP contribution >= 0.6 is 0 Å². The number of rotatable bonds is 8. The largest absolute Gasteiger partial charge is 0.493 e. The lowest BCUT2D eigenvalue weighted by Crippen LogP contribution is -2.26. The summed E-state index contributed by atoms with van der Waals surface area (Å²) in [7, 11) is 1.38. The Kier molecular flexibility index (Phi) is 5.83. The quantitative estimate of drug-likeness (QED) is 0.547. The van der Waals surface area contributed by atoms with Gasteiger partial charge in [-0.2, -0.15) is 0 Å². The monoisotopic (exact) mass is 388 g/mol. The Labute approximate surface area is 161 Å². The van der Waals surface area contributed by atoms with E-state index in [1.807, 2.05) is 18.2 Å². The SMILES string of the molecule is CCOc1cc(C(=O)NCCc2ccc3c(c2)OCO3)c([N+](=O)[O-])cc1OC. The van der Waals surface area contributed by atoms with Gasteiger partial charge in [-0.05, 0) is 31.0 Å². The minimum atomic E-state index is -0.620. The first-order chi connectivity index (χ1) is 13.5. The van der Waals surface area contributed by atoms with Crippen molar-refractivity contribution in [2.45, 2.75) is 13.3 Å². The Hall–Kier alpha value is -3.49. The second-order valence-electron chi connectivity index (χ2n) is 5.90. The summed E-state index contributed by atoms with van der Waals surface area (Å²) >= 11 is 0. The Morgan fingerprint density at radius 1 is 1.21 bits per heavy atom. The maximum absolute atomic E-state index is 12.5. The van der Waals surface area contributed by atoms with Crippen LogP contribution < -0.4 is 24.3 Å². The first-order valence-corrected chi connectivity index (χ1v) is 8.69. The van der Waals surface area contributed by atoms with Crippen LogP contribution in [0.2, 0.25) is 0 Å². The number of benzene rings is 2. The van der Waals surface area contributed by atoms with Gasteiger partial charge in [-0.1, -0.05) is 6.07 Å². The molecule has 28 heavy (non-hydrogen) atoms. The highest BCUT2D eigenvalue weighted by Gasteiger charge is 2.24. The molecular formula is C19H20N2O7. The number of methoxy groups -OCH3 is 1. The molecule has 0 radical (unpaired) electrons. The number of nitrogens with zero attached hydrogens (tertiary/aromatic N) is 1. The van der Waals surface area contributed by atoms with E-state index < -0.39 is 10.8 Å². The molecule has 0 spiro atoms. The van der Waals surface area contributed by atoms with E-state index >= 15 is 0 Å². The predicted molar refractivity (Wildman–Crippen MR) is 99.4 cm³/mol. The van der Waals surface area contributed by atoms with Gasteiger partial charge in [-0.25, -0.2) is 0 Å². The smallest absolute Gasteiger partial charge is 0.286 e. The number of nitro groups is 1. The van der Waals surface area contributed by atoms with Gasteiger partial charge in [-0.15, -0.1) is 0 Å². The number of carbonyl (C=O) groups excluding carboxylic acids is 1. The van der Waals surface area contributed by atoms with Gasteiger partial charge in [0.1, 0.15) is 5.56 Å². The summed E-state index contributed by atoms with van der Waals surface area (Å²) in [6, 6.07) is 8.05. The third kappa shape index (κ3) is 4.08. The molecule has 148 valence electrons. The van der Waals surface area contributed by atoms with Gasteiger partial charge >= 0.3 is 0 Å². The van der Waals surface area contributed by atoms with Crippen LogP contribution in [0.25, 0.3) is 0 Å². The zero-order valence-electron chi connectivity index (χ0n) is 15.5. The first kappa shape index (κ1) is 19.3. The molecule has 0 bridgehead atoms. The van der Waals surface area contributed by atoms with Crippen molar-refractivity contribution in [1.29, 1.82) is 0 Å². The second-order valence-corrected chi connectivity index (χ2v) is 5.90. The van der Waals surface area contributed by atoms with E-state index in [0.29, 0.717) is 31.1 Å². The van der Waals surface area contributed by atoms with Crippen LogP contribution in [0.3, 0.4) is 0 Å². The molecule has 9 nitrogen and oxygen atoms in total. The lowest BCUT2D eigenvalue weighted by Gasteiger charge is -2.12. The standard InChI is InChI=1S/C19H20N2O7/c1-3-26-18-9-13(14(21(23)24)10-16(18)25-2)19(22)20-7-6-12-4-5-15-17(8-12)28-11-27-15/h4-5,8-10H,3,6-7,11H2,1-2H3,(H,20,22). The van der Waals surface area contributed by atoms with E-state index in [-0.39, 0.29) is 29.5 Å².